The van der Waals surface area contributed by atoms with Gasteiger partial charge >= 0.3 is 5.69 Å². The highest BCUT2D eigenvalue weighted by Crippen LogP contribution is 2.23. The number of carbonyl (C=O) groups is 1. The molecular formula is C16H10Cl2N4O4. The Hall–Kier alpha value is -2.97. The zero-order chi connectivity index (χ0) is 19.0. The van der Waals surface area contributed by atoms with Gasteiger partial charge in [0.05, 0.1) is 15.6 Å². The van der Waals surface area contributed by atoms with Crippen LogP contribution in [0.1, 0.15) is 16.2 Å². The fourth-order valence-electron chi connectivity index (χ4n) is 2.44. The minimum Gasteiger partial charge on any atom is -0.268 e. The summed E-state index contributed by atoms with van der Waals surface area (Å²) in [6, 6.07) is 9.81. The van der Waals surface area contributed by atoms with Gasteiger partial charge in [-0.15, -0.1) is 5.10 Å². The lowest BCUT2D eigenvalue weighted by Crippen LogP contribution is -2.30. The quantitative estimate of drug-likeness (QED) is 0.502. The van der Waals surface area contributed by atoms with Crippen LogP contribution in [0.4, 0.5) is 5.69 Å². The van der Waals surface area contributed by atoms with Crippen LogP contribution in [0.2, 0.25) is 10.0 Å². The fraction of sp³-hybridized carbons (Fsp3) is 0.0625. The van der Waals surface area contributed by atoms with Crippen LogP contribution in [0.15, 0.2) is 47.3 Å². The van der Waals surface area contributed by atoms with Crippen molar-refractivity contribution in [3.05, 3.63) is 84.5 Å². The summed E-state index contributed by atoms with van der Waals surface area (Å²) in [6.07, 6.45) is 0. The van der Waals surface area contributed by atoms with Gasteiger partial charge in [-0.25, -0.2) is 9.36 Å². The van der Waals surface area contributed by atoms with Crippen molar-refractivity contribution in [2.45, 2.75) is 6.92 Å². The molecule has 0 aliphatic heterocycles. The fourth-order valence-corrected chi connectivity index (χ4v) is 2.93. The van der Waals surface area contributed by atoms with Gasteiger partial charge in [0, 0.05) is 11.1 Å². The predicted molar refractivity (Wildman–Crippen MR) is 95.4 cm³/mol. The minimum absolute atomic E-state index is 0.0594. The molecule has 0 aliphatic carbocycles. The van der Waals surface area contributed by atoms with Gasteiger partial charge in [-0.1, -0.05) is 35.3 Å². The summed E-state index contributed by atoms with van der Waals surface area (Å²) < 4.78 is 1.70. The molecule has 0 spiro atoms. The van der Waals surface area contributed by atoms with Crippen LogP contribution in [0.3, 0.4) is 0 Å². The topological polar surface area (TPSA) is 100 Å². The van der Waals surface area contributed by atoms with E-state index in [2.05, 4.69) is 5.10 Å². The van der Waals surface area contributed by atoms with Crippen LogP contribution < -0.4 is 5.69 Å². The second kappa shape index (κ2) is 6.74. The van der Waals surface area contributed by atoms with Crippen molar-refractivity contribution in [3.63, 3.8) is 0 Å². The second-order valence-corrected chi connectivity index (χ2v) is 6.10. The van der Waals surface area contributed by atoms with Crippen LogP contribution in [0.5, 0.6) is 0 Å². The summed E-state index contributed by atoms with van der Waals surface area (Å²) in [4.78, 5) is 35.9. The molecule has 0 amide bonds. The number of nitro groups is 1. The first-order chi connectivity index (χ1) is 12.3. The molecule has 132 valence electrons. The van der Waals surface area contributed by atoms with Crippen molar-refractivity contribution in [1.29, 1.82) is 0 Å². The van der Waals surface area contributed by atoms with Gasteiger partial charge in [-0.3, -0.25) is 14.9 Å². The van der Waals surface area contributed by atoms with E-state index in [9.17, 15) is 19.7 Å². The Labute approximate surface area is 156 Å². The molecule has 0 saturated carbocycles. The number of halogens is 2. The van der Waals surface area contributed by atoms with Gasteiger partial charge in [-0.2, -0.15) is 4.68 Å². The van der Waals surface area contributed by atoms with E-state index in [1.165, 1.54) is 49.4 Å². The Kier molecular flexibility index (Phi) is 4.62. The standard InChI is InChI=1S/C16H10Cl2N4O4/c1-9-19-21(14-7-6-10(17)8-12(14)18)16(24)20(9)15(23)11-4-2-3-5-13(11)22(25)26/h2-8H,1H3. The smallest absolute Gasteiger partial charge is 0.268 e. The lowest BCUT2D eigenvalue weighted by atomic mass is 10.1. The maximum atomic E-state index is 12.7. The van der Waals surface area contributed by atoms with Gasteiger partial charge in [0.1, 0.15) is 11.4 Å². The second-order valence-electron chi connectivity index (χ2n) is 5.25. The Balaban J connectivity index is 2.17. The molecule has 0 atom stereocenters. The van der Waals surface area contributed by atoms with E-state index in [0.29, 0.717) is 5.02 Å². The number of carbonyl (C=O) groups excluding carboxylic acids is 1. The zero-order valence-corrected chi connectivity index (χ0v) is 14.7. The highest BCUT2D eigenvalue weighted by atomic mass is 35.5. The molecular weight excluding hydrogens is 383 g/mol. The van der Waals surface area contributed by atoms with Crippen LogP contribution in [-0.4, -0.2) is 25.2 Å². The SMILES string of the molecule is Cc1nn(-c2ccc(Cl)cc2Cl)c(=O)n1C(=O)c1ccccc1[N+](=O)[O-]. The van der Waals surface area contributed by atoms with Crippen LogP contribution in [0.25, 0.3) is 5.69 Å². The van der Waals surface area contributed by atoms with Gasteiger partial charge < -0.3 is 0 Å². The molecule has 1 heterocycles. The lowest BCUT2D eigenvalue weighted by molar-refractivity contribution is -0.385. The highest BCUT2D eigenvalue weighted by molar-refractivity contribution is 6.35. The molecule has 0 radical (unpaired) electrons. The maximum Gasteiger partial charge on any atom is 0.357 e. The molecule has 0 saturated heterocycles. The average Bonchev–Trinajstić information content (AvgIpc) is 2.88. The van der Waals surface area contributed by atoms with E-state index in [0.717, 1.165) is 9.25 Å². The summed E-state index contributed by atoms with van der Waals surface area (Å²) in [5.41, 5.74) is -1.18. The number of nitrogens with zero attached hydrogens (tertiary/aromatic N) is 4. The van der Waals surface area contributed by atoms with E-state index in [-0.39, 0.29) is 22.1 Å². The van der Waals surface area contributed by atoms with E-state index in [4.69, 9.17) is 23.2 Å². The third-order valence-electron chi connectivity index (χ3n) is 3.61. The number of rotatable bonds is 3. The molecule has 0 bridgehead atoms. The first-order valence-corrected chi connectivity index (χ1v) is 7.99. The first kappa shape index (κ1) is 17.8. The predicted octanol–water partition coefficient (Wildman–Crippen LogP) is 3.25. The molecule has 10 heteroatoms. The van der Waals surface area contributed by atoms with Crippen molar-refractivity contribution >= 4 is 34.8 Å². The molecule has 26 heavy (non-hydrogen) atoms. The number of para-hydroxylation sites is 1. The third kappa shape index (κ3) is 3.00. The van der Waals surface area contributed by atoms with E-state index in [1.807, 2.05) is 0 Å². The lowest BCUT2D eigenvalue weighted by Gasteiger charge is -2.04. The summed E-state index contributed by atoms with van der Waals surface area (Å²) >= 11 is 11.9. The molecule has 0 unspecified atom stereocenters. The molecule has 0 N–H and O–H groups in total. The summed E-state index contributed by atoms with van der Waals surface area (Å²) in [5.74, 6) is -0.791. The summed E-state index contributed by atoms with van der Waals surface area (Å²) in [6.45, 7) is 1.44. The minimum atomic E-state index is -0.851. The third-order valence-corrected chi connectivity index (χ3v) is 4.15. The van der Waals surface area contributed by atoms with Gasteiger partial charge in [-0.05, 0) is 31.2 Å². The highest BCUT2D eigenvalue weighted by Gasteiger charge is 2.25. The molecule has 0 aliphatic rings. The van der Waals surface area contributed by atoms with Gasteiger partial charge in [0.2, 0.25) is 0 Å². The number of hydrogen-bond acceptors (Lipinski definition) is 5. The number of benzene rings is 2. The van der Waals surface area contributed by atoms with Gasteiger partial charge in [0.25, 0.3) is 11.6 Å². The molecule has 3 rings (SSSR count). The zero-order valence-electron chi connectivity index (χ0n) is 13.2. The number of hydrogen-bond donors (Lipinski definition) is 0. The van der Waals surface area contributed by atoms with Crippen LogP contribution in [0, 0.1) is 17.0 Å². The van der Waals surface area contributed by atoms with E-state index < -0.39 is 22.2 Å². The van der Waals surface area contributed by atoms with Crippen molar-refractivity contribution < 1.29 is 9.72 Å². The van der Waals surface area contributed by atoms with Crippen molar-refractivity contribution in [3.8, 4) is 5.69 Å². The van der Waals surface area contributed by atoms with Crippen molar-refractivity contribution in [1.82, 2.24) is 14.3 Å². The molecule has 0 fully saturated rings. The number of aromatic nitrogens is 3. The Morgan fingerprint density at radius 1 is 1.19 bits per heavy atom. The Morgan fingerprint density at radius 3 is 2.54 bits per heavy atom. The molecule has 1 aromatic heterocycles. The van der Waals surface area contributed by atoms with Crippen molar-refractivity contribution in [2.24, 2.45) is 0 Å². The monoisotopic (exact) mass is 392 g/mol. The van der Waals surface area contributed by atoms with E-state index in [1.54, 1.807) is 0 Å². The molecule has 8 nitrogen and oxygen atoms in total. The normalized spacial score (nSPS) is 10.7. The van der Waals surface area contributed by atoms with Crippen molar-refractivity contribution in [2.75, 3.05) is 0 Å². The van der Waals surface area contributed by atoms with Crippen LogP contribution in [-0.2, 0) is 0 Å². The number of aryl methyl sites for hydroxylation is 1. The Bertz CT molecular complexity index is 1100. The van der Waals surface area contributed by atoms with E-state index >= 15 is 0 Å². The molecule has 3 aromatic rings. The summed E-state index contributed by atoms with van der Waals surface area (Å²) in [5, 5.41) is 15.7. The first-order valence-electron chi connectivity index (χ1n) is 7.23. The molecule has 2 aromatic carbocycles. The maximum absolute atomic E-state index is 12.7. The number of nitro benzene ring substituents is 1. The average molecular weight is 393 g/mol. The largest absolute Gasteiger partial charge is 0.357 e. The summed E-state index contributed by atoms with van der Waals surface area (Å²) in [7, 11) is 0. The van der Waals surface area contributed by atoms with Crippen LogP contribution >= 0.6 is 23.2 Å². The Morgan fingerprint density at radius 2 is 1.88 bits per heavy atom. The van der Waals surface area contributed by atoms with Gasteiger partial charge in [0.15, 0.2) is 0 Å².